The average Bonchev–Trinajstić information content (AvgIpc) is 3.24. The molecule has 0 bridgehead atoms. The van der Waals surface area contributed by atoms with Gasteiger partial charge in [0.1, 0.15) is 12.4 Å². The molecule has 4 rings (SSSR count). The summed E-state index contributed by atoms with van der Waals surface area (Å²) >= 11 is 5.26. The Hall–Kier alpha value is -1.95. The van der Waals surface area contributed by atoms with Crippen LogP contribution in [-0.4, -0.2) is 27.2 Å². The van der Waals surface area contributed by atoms with E-state index in [-0.39, 0.29) is 12.5 Å². The molecule has 6 heteroatoms. The number of carbonyl (C=O) groups excluding carboxylic acids is 1. The van der Waals surface area contributed by atoms with Crippen molar-refractivity contribution in [2.24, 2.45) is 5.92 Å². The van der Waals surface area contributed by atoms with Crippen molar-refractivity contribution in [2.75, 3.05) is 6.54 Å². The molecule has 1 heterocycles. The Kier molecular flexibility index (Phi) is 4.69. The second kappa shape index (κ2) is 6.99. The Balaban J connectivity index is 1.37. The number of rotatable bonds is 6. The van der Waals surface area contributed by atoms with Crippen molar-refractivity contribution in [3.05, 3.63) is 46.0 Å². The number of H-pyrrole nitrogens is 1. The van der Waals surface area contributed by atoms with E-state index < -0.39 is 0 Å². The van der Waals surface area contributed by atoms with Gasteiger partial charge in [0, 0.05) is 18.4 Å². The van der Waals surface area contributed by atoms with Crippen molar-refractivity contribution in [1.82, 2.24) is 20.1 Å². The van der Waals surface area contributed by atoms with Gasteiger partial charge in [-0.3, -0.25) is 14.5 Å². The fraction of sp³-hybridized carbons (Fsp3) is 0.550. The second-order valence-corrected chi connectivity index (χ2v) is 8.04. The van der Waals surface area contributed by atoms with Gasteiger partial charge in [0.15, 0.2) is 4.77 Å². The van der Waals surface area contributed by atoms with E-state index in [4.69, 9.17) is 12.2 Å². The SMILES string of the molecule is CCCc1n[nH]c(=S)n1CC(=O)NCC1CC12CCCc1ccccc12. The van der Waals surface area contributed by atoms with E-state index in [9.17, 15) is 4.79 Å². The van der Waals surface area contributed by atoms with Crippen LogP contribution in [-0.2, 0) is 29.6 Å². The summed E-state index contributed by atoms with van der Waals surface area (Å²) in [6.07, 6.45) is 6.69. The first kappa shape index (κ1) is 17.5. The molecule has 0 saturated heterocycles. The predicted octanol–water partition coefficient (Wildman–Crippen LogP) is 3.30. The molecule has 1 spiro atoms. The van der Waals surface area contributed by atoms with Crippen LogP contribution in [0, 0.1) is 10.7 Å². The Bertz CT molecular complexity index is 871. The van der Waals surface area contributed by atoms with Gasteiger partial charge in [-0.1, -0.05) is 31.2 Å². The monoisotopic (exact) mass is 370 g/mol. The summed E-state index contributed by atoms with van der Waals surface area (Å²) in [6, 6.07) is 8.84. The summed E-state index contributed by atoms with van der Waals surface area (Å²) in [5.74, 6) is 1.43. The smallest absolute Gasteiger partial charge is 0.240 e. The van der Waals surface area contributed by atoms with Crippen LogP contribution < -0.4 is 5.32 Å². The van der Waals surface area contributed by atoms with Gasteiger partial charge in [-0.05, 0) is 61.4 Å². The van der Waals surface area contributed by atoms with Gasteiger partial charge >= 0.3 is 0 Å². The molecule has 2 aliphatic rings. The quantitative estimate of drug-likeness (QED) is 0.767. The molecule has 1 aromatic heterocycles. The third-order valence-corrected chi connectivity index (χ3v) is 6.32. The first-order valence-corrected chi connectivity index (χ1v) is 10.0. The van der Waals surface area contributed by atoms with Crippen molar-refractivity contribution in [3.63, 3.8) is 0 Å². The molecule has 2 aliphatic carbocycles. The van der Waals surface area contributed by atoms with Crippen molar-refractivity contribution >= 4 is 18.1 Å². The zero-order chi connectivity index (χ0) is 18.1. The molecule has 26 heavy (non-hydrogen) atoms. The lowest BCUT2D eigenvalue weighted by atomic mass is 9.78. The third kappa shape index (κ3) is 3.11. The molecule has 5 nitrogen and oxygen atoms in total. The second-order valence-electron chi connectivity index (χ2n) is 7.65. The van der Waals surface area contributed by atoms with E-state index in [0.29, 0.717) is 16.1 Å². The Morgan fingerprint density at radius 2 is 2.31 bits per heavy atom. The van der Waals surface area contributed by atoms with Crippen LogP contribution in [0.1, 0.15) is 49.6 Å². The lowest BCUT2D eigenvalue weighted by Gasteiger charge is -2.26. The van der Waals surface area contributed by atoms with Crippen LogP contribution in [0.3, 0.4) is 0 Å². The molecule has 0 radical (unpaired) electrons. The molecule has 138 valence electrons. The Morgan fingerprint density at radius 3 is 3.15 bits per heavy atom. The molecule has 1 amide bonds. The number of carbonyl (C=O) groups is 1. The molecule has 1 saturated carbocycles. The number of benzene rings is 1. The van der Waals surface area contributed by atoms with Crippen LogP contribution in [0.4, 0.5) is 0 Å². The summed E-state index contributed by atoms with van der Waals surface area (Å²) in [4.78, 5) is 12.4. The molecular formula is C20H26N4OS. The number of nitrogens with zero attached hydrogens (tertiary/aromatic N) is 2. The van der Waals surface area contributed by atoms with E-state index in [1.54, 1.807) is 0 Å². The number of amides is 1. The first-order valence-electron chi connectivity index (χ1n) is 9.63. The van der Waals surface area contributed by atoms with E-state index in [1.807, 2.05) is 4.57 Å². The maximum absolute atomic E-state index is 12.4. The topological polar surface area (TPSA) is 62.7 Å². The van der Waals surface area contributed by atoms with E-state index in [1.165, 1.54) is 36.8 Å². The fourth-order valence-electron chi connectivity index (χ4n) is 4.60. The zero-order valence-corrected chi connectivity index (χ0v) is 16.1. The minimum atomic E-state index is 0.0194. The molecule has 2 N–H and O–H groups in total. The summed E-state index contributed by atoms with van der Waals surface area (Å²) in [5.41, 5.74) is 3.33. The van der Waals surface area contributed by atoms with E-state index in [2.05, 4.69) is 46.7 Å². The lowest BCUT2D eigenvalue weighted by molar-refractivity contribution is -0.121. The van der Waals surface area contributed by atoms with E-state index in [0.717, 1.165) is 25.2 Å². The van der Waals surface area contributed by atoms with Crippen LogP contribution in [0.2, 0.25) is 0 Å². The fourth-order valence-corrected chi connectivity index (χ4v) is 4.82. The lowest BCUT2D eigenvalue weighted by Crippen LogP contribution is -2.32. The molecule has 0 aliphatic heterocycles. The molecule has 2 unspecified atom stereocenters. The Morgan fingerprint density at radius 1 is 1.46 bits per heavy atom. The highest BCUT2D eigenvalue weighted by Gasteiger charge is 2.56. The van der Waals surface area contributed by atoms with Crippen LogP contribution in [0.25, 0.3) is 0 Å². The number of hydrogen-bond acceptors (Lipinski definition) is 3. The van der Waals surface area contributed by atoms with Crippen molar-refractivity contribution in [3.8, 4) is 0 Å². The highest BCUT2D eigenvalue weighted by Crippen LogP contribution is 2.59. The van der Waals surface area contributed by atoms with Crippen LogP contribution in [0.5, 0.6) is 0 Å². The van der Waals surface area contributed by atoms with Gasteiger partial charge in [0.25, 0.3) is 0 Å². The average molecular weight is 371 g/mol. The van der Waals surface area contributed by atoms with Gasteiger partial charge in [-0.25, -0.2) is 0 Å². The minimum Gasteiger partial charge on any atom is -0.354 e. The number of hydrogen-bond donors (Lipinski definition) is 2. The van der Waals surface area contributed by atoms with Gasteiger partial charge in [-0.15, -0.1) is 0 Å². The highest BCUT2D eigenvalue weighted by atomic mass is 32.1. The molecule has 1 fully saturated rings. The Labute approximate surface area is 159 Å². The molecular weight excluding hydrogens is 344 g/mol. The third-order valence-electron chi connectivity index (χ3n) is 6.01. The number of nitrogens with one attached hydrogen (secondary N) is 2. The normalized spacial score (nSPS) is 23.7. The molecule has 2 atom stereocenters. The maximum Gasteiger partial charge on any atom is 0.240 e. The van der Waals surface area contributed by atoms with E-state index >= 15 is 0 Å². The minimum absolute atomic E-state index is 0.0194. The molecule has 2 aromatic rings. The number of fused-ring (bicyclic) bond motifs is 2. The van der Waals surface area contributed by atoms with Gasteiger partial charge in [0.05, 0.1) is 0 Å². The summed E-state index contributed by atoms with van der Waals surface area (Å²) in [7, 11) is 0. The van der Waals surface area contributed by atoms with Gasteiger partial charge in [0.2, 0.25) is 5.91 Å². The standard InChI is InChI=1S/C20H26N4OS/c1-2-6-17-22-23-19(26)24(17)13-18(25)21-12-15-11-20(15)10-5-8-14-7-3-4-9-16(14)20/h3-4,7,9,15H,2,5-6,8,10-13H2,1H3,(H,21,25)(H,23,26). The highest BCUT2D eigenvalue weighted by molar-refractivity contribution is 7.71. The summed E-state index contributed by atoms with van der Waals surface area (Å²) in [5, 5.41) is 10.2. The van der Waals surface area contributed by atoms with Crippen molar-refractivity contribution < 1.29 is 4.79 Å². The maximum atomic E-state index is 12.4. The van der Waals surface area contributed by atoms with Crippen LogP contribution >= 0.6 is 12.2 Å². The number of aromatic nitrogens is 3. The number of aryl methyl sites for hydroxylation is 2. The predicted molar refractivity (Wildman–Crippen MR) is 104 cm³/mol. The zero-order valence-electron chi connectivity index (χ0n) is 15.3. The van der Waals surface area contributed by atoms with Gasteiger partial charge < -0.3 is 5.32 Å². The first-order chi connectivity index (χ1) is 12.6. The van der Waals surface area contributed by atoms with Crippen molar-refractivity contribution in [2.45, 2.75) is 57.4 Å². The number of aromatic amines is 1. The summed E-state index contributed by atoms with van der Waals surface area (Å²) in [6.45, 7) is 3.10. The van der Waals surface area contributed by atoms with Gasteiger partial charge in [-0.2, -0.15) is 5.10 Å². The largest absolute Gasteiger partial charge is 0.354 e. The summed E-state index contributed by atoms with van der Waals surface area (Å²) < 4.78 is 2.33. The van der Waals surface area contributed by atoms with Crippen LogP contribution in [0.15, 0.2) is 24.3 Å². The van der Waals surface area contributed by atoms with Crippen molar-refractivity contribution in [1.29, 1.82) is 0 Å². The molecule has 1 aromatic carbocycles.